The summed E-state index contributed by atoms with van der Waals surface area (Å²) in [6, 6.07) is 11.9. The smallest absolute Gasteiger partial charge is 0.238 e. The summed E-state index contributed by atoms with van der Waals surface area (Å²) in [4.78, 5) is 16.7. The normalized spacial score (nSPS) is 15.2. The van der Waals surface area contributed by atoms with E-state index in [1.165, 1.54) is 12.1 Å². The molecule has 1 amide bonds. The SMILES string of the molecule is COc1cccc(NC(=O)CN2CCN(Cc3cc(F)ccc3OC)CC2)c1. The lowest BCUT2D eigenvalue weighted by Crippen LogP contribution is -2.48. The Morgan fingerprint density at radius 1 is 1.04 bits per heavy atom. The first-order valence-electron chi connectivity index (χ1n) is 9.28. The van der Waals surface area contributed by atoms with Gasteiger partial charge in [-0.3, -0.25) is 14.6 Å². The van der Waals surface area contributed by atoms with Crippen LogP contribution in [0.25, 0.3) is 0 Å². The molecule has 1 aliphatic rings. The molecule has 0 unspecified atom stereocenters. The Kier molecular flexibility index (Phi) is 6.84. The quantitative estimate of drug-likeness (QED) is 0.792. The standard InChI is InChI=1S/C21H26FN3O3/c1-27-19-5-3-4-18(13-19)23-21(26)15-25-10-8-24(9-11-25)14-16-12-17(22)6-7-20(16)28-2/h3-7,12-13H,8-11,14-15H2,1-2H3,(H,23,26). The van der Waals surface area contributed by atoms with Gasteiger partial charge in [0.05, 0.1) is 20.8 Å². The summed E-state index contributed by atoms with van der Waals surface area (Å²) in [6.45, 7) is 4.16. The first-order valence-corrected chi connectivity index (χ1v) is 9.28. The molecule has 2 aromatic rings. The number of carbonyl (C=O) groups is 1. The van der Waals surface area contributed by atoms with Crippen molar-refractivity contribution in [2.45, 2.75) is 6.54 Å². The number of carbonyl (C=O) groups excluding carboxylic acids is 1. The summed E-state index contributed by atoms with van der Waals surface area (Å²) in [5.41, 5.74) is 1.56. The van der Waals surface area contributed by atoms with E-state index in [0.717, 1.165) is 37.4 Å². The third-order valence-electron chi connectivity index (χ3n) is 4.82. The molecule has 1 N–H and O–H groups in total. The monoisotopic (exact) mass is 387 g/mol. The van der Waals surface area contributed by atoms with Crippen LogP contribution in [0.3, 0.4) is 0 Å². The van der Waals surface area contributed by atoms with Gasteiger partial charge >= 0.3 is 0 Å². The van der Waals surface area contributed by atoms with Crippen LogP contribution < -0.4 is 14.8 Å². The van der Waals surface area contributed by atoms with E-state index in [0.29, 0.717) is 24.6 Å². The number of rotatable bonds is 7. The summed E-state index contributed by atoms with van der Waals surface area (Å²) in [5.74, 6) is 1.10. The molecule has 0 saturated carbocycles. The van der Waals surface area contributed by atoms with Crippen molar-refractivity contribution < 1.29 is 18.7 Å². The van der Waals surface area contributed by atoms with Crippen LogP contribution in [0.5, 0.6) is 11.5 Å². The lowest BCUT2D eigenvalue weighted by atomic mass is 10.1. The molecule has 1 saturated heterocycles. The molecule has 3 rings (SSSR count). The summed E-state index contributed by atoms with van der Waals surface area (Å²) in [5, 5.41) is 2.90. The number of methoxy groups -OCH3 is 2. The van der Waals surface area contributed by atoms with Gasteiger partial charge in [-0.05, 0) is 30.3 Å². The van der Waals surface area contributed by atoms with Gasteiger partial charge in [0.2, 0.25) is 5.91 Å². The van der Waals surface area contributed by atoms with Crippen LogP contribution in [0, 0.1) is 5.82 Å². The maximum atomic E-state index is 13.5. The maximum absolute atomic E-state index is 13.5. The minimum atomic E-state index is -0.261. The highest BCUT2D eigenvalue weighted by Crippen LogP contribution is 2.22. The number of anilines is 1. The average Bonchev–Trinajstić information content (AvgIpc) is 2.70. The number of halogens is 1. The van der Waals surface area contributed by atoms with Crippen molar-refractivity contribution in [1.29, 1.82) is 0 Å². The van der Waals surface area contributed by atoms with Crippen molar-refractivity contribution >= 4 is 11.6 Å². The van der Waals surface area contributed by atoms with E-state index in [2.05, 4.69) is 15.1 Å². The molecule has 2 aromatic carbocycles. The number of amides is 1. The molecule has 7 heteroatoms. The lowest BCUT2D eigenvalue weighted by Gasteiger charge is -2.34. The predicted octanol–water partition coefficient (Wildman–Crippen LogP) is 2.60. The molecular formula is C21H26FN3O3. The Morgan fingerprint density at radius 3 is 2.50 bits per heavy atom. The first-order chi connectivity index (χ1) is 13.6. The lowest BCUT2D eigenvalue weighted by molar-refractivity contribution is -0.117. The van der Waals surface area contributed by atoms with Gasteiger partial charge in [0.15, 0.2) is 0 Å². The van der Waals surface area contributed by atoms with E-state index in [9.17, 15) is 9.18 Å². The summed E-state index contributed by atoms with van der Waals surface area (Å²) in [7, 11) is 3.19. The second-order valence-electron chi connectivity index (χ2n) is 6.79. The van der Waals surface area contributed by atoms with E-state index in [4.69, 9.17) is 9.47 Å². The fourth-order valence-corrected chi connectivity index (χ4v) is 3.32. The van der Waals surface area contributed by atoms with Crippen molar-refractivity contribution in [1.82, 2.24) is 9.80 Å². The van der Waals surface area contributed by atoms with E-state index in [1.807, 2.05) is 18.2 Å². The minimum absolute atomic E-state index is 0.0477. The number of ether oxygens (including phenoxy) is 2. The number of nitrogens with one attached hydrogen (secondary N) is 1. The second-order valence-corrected chi connectivity index (χ2v) is 6.79. The molecule has 0 aliphatic carbocycles. The van der Waals surface area contributed by atoms with E-state index in [-0.39, 0.29) is 11.7 Å². The highest BCUT2D eigenvalue weighted by molar-refractivity contribution is 5.92. The van der Waals surface area contributed by atoms with Crippen LogP contribution in [0.2, 0.25) is 0 Å². The number of piperazine rings is 1. The number of hydrogen-bond donors (Lipinski definition) is 1. The van der Waals surface area contributed by atoms with E-state index in [1.54, 1.807) is 26.4 Å². The molecule has 0 bridgehead atoms. The van der Waals surface area contributed by atoms with Gasteiger partial charge in [-0.2, -0.15) is 0 Å². The van der Waals surface area contributed by atoms with Crippen molar-refractivity contribution in [3.8, 4) is 11.5 Å². The van der Waals surface area contributed by atoms with Crippen LogP contribution >= 0.6 is 0 Å². The van der Waals surface area contributed by atoms with E-state index >= 15 is 0 Å². The molecule has 0 atom stereocenters. The fraction of sp³-hybridized carbons (Fsp3) is 0.381. The van der Waals surface area contributed by atoms with E-state index < -0.39 is 0 Å². The molecule has 28 heavy (non-hydrogen) atoms. The molecular weight excluding hydrogens is 361 g/mol. The Morgan fingerprint density at radius 2 is 1.79 bits per heavy atom. The van der Waals surface area contributed by atoms with Crippen LogP contribution in [-0.2, 0) is 11.3 Å². The Hall–Kier alpha value is -2.64. The molecule has 1 heterocycles. The molecule has 0 spiro atoms. The molecule has 0 radical (unpaired) electrons. The van der Waals surface area contributed by atoms with Gasteiger partial charge < -0.3 is 14.8 Å². The van der Waals surface area contributed by atoms with Crippen LogP contribution in [0.1, 0.15) is 5.56 Å². The summed E-state index contributed by atoms with van der Waals surface area (Å²) < 4.78 is 24.0. The second kappa shape index (κ2) is 9.52. The van der Waals surface area contributed by atoms with Gasteiger partial charge in [-0.15, -0.1) is 0 Å². The number of nitrogens with zero attached hydrogens (tertiary/aromatic N) is 2. The Labute approximate surface area is 164 Å². The van der Waals surface area contributed by atoms with Gasteiger partial charge in [-0.25, -0.2) is 4.39 Å². The zero-order valence-corrected chi connectivity index (χ0v) is 16.3. The third-order valence-corrected chi connectivity index (χ3v) is 4.82. The molecule has 0 aromatic heterocycles. The van der Waals surface area contributed by atoms with Crippen LogP contribution in [0.15, 0.2) is 42.5 Å². The predicted molar refractivity (Wildman–Crippen MR) is 106 cm³/mol. The molecule has 150 valence electrons. The average molecular weight is 387 g/mol. The first kappa shape index (κ1) is 20.1. The third kappa shape index (κ3) is 5.43. The van der Waals surface area contributed by atoms with Gasteiger partial charge in [0.1, 0.15) is 17.3 Å². The number of hydrogen-bond acceptors (Lipinski definition) is 5. The van der Waals surface area contributed by atoms with Crippen molar-refractivity contribution in [2.24, 2.45) is 0 Å². The maximum Gasteiger partial charge on any atom is 0.238 e. The largest absolute Gasteiger partial charge is 0.497 e. The zero-order valence-electron chi connectivity index (χ0n) is 16.3. The summed E-state index contributed by atoms with van der Waals surface area (Å²) in [6.07, 6.45) is 0. The van der Waals surface area contributed by atoms with Crippen LogP contribution in [0.4, 0.5) is 10.1 Å². The topological polar surface area (TPSA) is 54.0 Å². The van der Waals surface area contributed by atoms with Crippen molar-refractivity contribution in [2.75, 3.05) is 52.3 Å². The van der Waals surface area contributed by atoms with Gasteiger partial charge in [-0.1, -0.05) is 6.07 Å². The number of benzene rings is 2. The zero-order chi connectivity index (χ0) is 19.9. The molecule has 1 fully saturated rings. The highest BCUT2D eigenvalue weighted by atomic mass is 19.1. The molecule has 1 aliphatic heterocycles. The molecule has 6 nitrogen and oxygen atoms in total. The van der Waals surface area contributed by atoms with Gasteiger partial charge in [0.25, 0.3) is 0 Å². The van der Waals surface area contributed by atoms with Gasteiger partial charge in [0, 0.05) is 50.0 Å². The summed E-state index contributed by atoms with van der Waals surface area (Å²) >= 11 is 0. The fourth-order valence-electron chi connectivity index (χ4n) is 3.32. The van der Waals surface area contributed by atoms with Crippen molar-refractivity contribution in [3.63, 3.8) is 0 Å². The van der Waals surface area contributed by atoms with Crippen LogP contribution in [-0.4, -0.2) is 62.7 Å². The van der Waals surface area contributed by atoms with Crippen molar-refractivity contribution in [3.05, 3.63) is 53.8 Å². The Bertz CT molecular complexity index is 807. The Balaban J connectivity index is 1.47. The highest BCUT2D eigenvalue weighted by Gasteiger charge is 2.20. The minimum Gasteiger partial charge on any atom is -0.497 e.